The van der Waals surface area contributed by atoms with Crippen LogP contribution in [0.3, 0.4) is 0 Å². The summed E-state index contributed by atoms with van der Waals surface area (Å²) in [5.41, 5.74) is 2.27. The van der Waals surface area contributed by atoms with Crippen molar-refractivity contribution in [1.29, 1.82) is 0 Å². The predicted octanol–water partition coefficient (Wildman–Crippen LogP) is 5.74. The molecule has 34 heavy (non-hydrogen) atoms. The molecule has 0 saturated carbocycles. The molecule has 4 aromatic rings. The van der Waals surface area contributed by atoms with Crippen molar-refractivity contribution in [2.75, 3.05) is 12.4 Å². The normalized spacial score (nSPS) is 11.9. The number of thioether (sulfide) groups is 1. The molecule has 0 spiro atoms. The van der Waals surface area contributed by atoms with E-state index in [-0.39, 0.29) is 11.5 Å². The van der Waals surface area contributed by atoms with Crippen LogP contribution in [0.4, 0.5) is 5.69 Å². The number of nitrogens with zero attached hydrogens (tertiary/aromatic N) is 2. The van der Waals surface area contributed by atoms with Crippen LogP contribution in [0.25, 0.3) is 10.2 Å². The molecule has 6 nitrogen and oxygen atoms in total. The molecular formula is C26H25N3O3S2. The summed E-state index contributed by atoms with van der Waals surface area (Å²) < 4.78 is 6.86. The Bertz CT molecular complexity index is 1410. The molecular weight excluding hydrogens is 466 g/mol. The van der Waals surface area contributed by atoms with Gasteiger partial charge in [0.1, 0.15) is 15.8 Å². The molecule has 0 bridgehead atoms. The fraction of sp³-hybridized carbons (Fsp3) is 0.192. The van der Waals surface area contributed by atoms with Gasteiger partial charge in [0.25, 0.3) is 5.56 Å². The maximum atomic E-state index is 13.5. The Kier molecular flexibility index (Phi) is 7.19. The summed E-state index contributed by atoms with van der Waals surface area (Å²) in [6.45, 7) is 8.04. The van der Waals surface area contributed by atoms with Gasteiger partial charge in [0.05, 0.1) is 12.5 Å². The molecule has 1 amide bonds. The molecule has 1 N–H and O–H groups in total. The number of anilines is 1. The number of carbonyl (C=O) groups excluding carboxylic acids is 1. The first-order valence-corrected chi connectivity index (χ1v) is 12.4. The van der Waals surface area contributed by atoms with Crippen LogP contribution in [-0.4, -0.2) is 22.6 Å². The highest BCUT2D eigenvalue weighted by Crippen LogP contribution is 2.37. The van der Waals surface area contributed by atoms with Crippen molar-refractivity contribution in [2.24, 2.45) is 0 Å². The maximum absolute atomic E-state index is 13.5. The van der Waals surface area contributed by atoms with Gasteiger partial charge in [-0.25, -0.2) is 4.98 Å². The predicted molar refractivity (Wildman–Crippen MR) is 140 cm³/mol. The monoisotopic (exact) mass is 491 g/mol. The number of aromatic nitrogens is 2. The van der Waals surface area contributed by atoms with Gasteiger partial charge in [-0.1, -0.05) is 54.2 Å². The molecule has 2 aromatic carbocycles. The minimum Gasteiger partial charge on any atom is -0.497 e. The Morgan fingerprint density at radius 2 is 2.00 bits per heavy atom. The number of allylic oxidation sites excluding steroid dienone is 1. The molecule has 4 rings (SSSR count). The van der Waals surface area contributed by atoms with E-state index in [0.29, 0.717) is 33.4 Å². The Morgan fingerprint density at radius 1 is 1.24 bits per heavy atom. The van der Waals surface area contributed by atoms with Crippen LogP contribution in [0, 0.1) is 13.8 Å². The summed E-state index contributed by atoms with van der Waals surface area (Å²) in [4.78, 5) is 33.4. The van der Waals surface area contributed by atoms with Crippen LogP contribution in [0.2, 0.25) is 0 Å². The number of rotatable bonds is 8. The van der Waals surface area contributed by atoms with Gasteiger partial charge in [0, 0.05) is 23.2 Å². The minimum absolute atomic E-state index is 0.116. The Balaban J connectivity index is 1.77. The lowest BCUT2D eigenvalue weighted by Gasteiger charge is -2.19. The van der Waals surface area contributed by atoms with E-state index >= 15 is 0 Å². The summed E-state index contributed by atoms with van der Waals surface area (Å²) in [5.74, 6) is 0.430. The first-order chi connectivity index (χ1) is 16.4. The van der Waals surface area contributed by atoms with Crippen molar-refractivity contribution in [2.45, 2.75) is 30.8 Å². The highest BCUT2D eigenvalue weighted by Gasteiger charge is 2.26. The van der Waals surface area contributed by atoms with Crippen molar-refractivity contribution in [1.82, 2.24) is 9.55 Å². The Labute approximate surface area is 206 Å². The Hall–Kier alpha value is -3.36. The third-order valence-corrected chi connectivity index (χ3v) is 7.81. The van der Waals surface area contributed by atoms with Gasteiger partial charge in [0.15, 0.2) is 5.16 Å². The number of methoxy groups -OCH3 is 1. The largest absolute Gasteiger partial charge is 0.497 e. The molecule has 0 saturated heterocycles. The molecule has 8 heteroatoms. The SMILES string of the molecule is C=CCn1c(S[C@H](C(=O)Nc2cccc(OC)c2)c2ccccc2)nc2sc(C)c(C)c2c1=O. The van der Waals surface area contributed by atoms with Crippen LogP contribution < -0.4 is 15.6 Å². The topological polar surface area (TPSA) is 73.2 Å². The molecule has 0 fully saturated rings. The molecule has 174 valence electrons. The Morgan fingerprint density at radius 3 is 2.71 bits per heavy atom. The maximum Gasteiger partial charge on any atom is 0.263 e. The van der Waals surface area contributed by atoms with Crippen LogP contribution >= 0.6 is 23.1 Å². The standard InChI is InChI=1S/C26H25N3O3S2/c1-5-14-29-25(31)21-16(2)17(3)33-24(21)28-26(29)34-22(18-10-7-6-8-11-18)23(30)27-19-12-9-13-20(15-19)32-4/h5-13,15,22H,1,14H2,2-4H3,(H,27,30)/t22-/m0/s1. The number of hydrogen-bond acceptors (Lipinski definition) is 6. The fourth-order valence-electron chi connectivity index (χ4n) is 3.60. The molecule has 0 aliphatic heterocycles. The zero-order valence-corrected chi connectivity index (χ0v) is 20.8. The van der Waals surface area contributed by atoms with Gasteiger partial charge in [-0.05, 0) is 37.1 Å². The molecule has 0 unspecified atom stereocenters. The minimum atomic E-state index is -0.630. The van der Waals surface area contributed by atoms with Crippen LogP contribution in [0.15, 0.2) is 77.2 Å². The summed E-state index contributed by atoms with van der Waals surface area (Å²) in [6.07, 6.45) is 1.67. The fourth-order valence-corrected chi connectivity index (χ4v) is 5.78. The van der Waals surface area contributed by atoms with Crippen molar-refractivity contribution in [3.8, 4) is 5.75 Å². The second kappa shape index (κ2) is 10.3. The van der Waals surface area contributed by atoms with Gasteiger partial charge >= 0.3 is 0 Å². The number of benzene rings is 2. The van der Waals surface area contributed by atoms with Crippen molar-refractivity contribution in [3.05, 3.63) is 93.6 Å². The van der Waals surface area contributed by atoms with E-state index in [1.807, 2.05) is 62.4 Å². The van der Waals surface area contributed by atoms with E-state index in [9.17, 15) is 9.59 Å². The number of aryl methyl sites for hydroxylation is 2. The number of ether oxygens (including phenoxy) is 1. The van der Waals surface area contributed by atoms with Gasteiger partial charge in [-0.15, -0.1) is 17.9 Å². The molecule has 2 heterocycles. The first kappa shape index (κ1) is 23.8. The highest BCUT2D eigenvalue weighted by atomic mass is 32.2. The summed E-state index contributed by atoms with van der Waals surface area (Å²) in [6, 6.07) is 16.7. The summed E-state index contributed by atoms with van der Waals surface area (Å²) in [7, 11) is 1.58. The second-order valence-electron chi connectivity index (χ2n) is 7.69. The summed E-state index contributed by atoms with van der Waals surface area (Å²) in [5, 5.41) is 3.46. The van der Waals surface area contributed by atoms with Gasteiger partial charge < -0.3 is 10.1 Å². The summed E-state index contributed by atoms with van der Waals surface area (Å²) >= 11 is 2.75. The number of hydrogen-bond donors (Lipinski definition) is 1. The van der Waals surface area contributed by atoms with Gasteiger partial charge in [-0.2, -0.15) is 0 Å². The van der Waals surface area contributed by atoms with E-state index in [2.05, 4.69) is 11.9 Å². The zero-order chi connectivity index (χ0) is 24.2. The van der Waals surface area contributed by atoms with Crippen molar-refractivity contribution >= 4 is 44.9 Å². The first-order valence-electron chi connectivity index (χ1n) is 10.7. The number of nitrogens with one attached hydrogen (secondary N) is 1. The van der Waals surface area contributed by atoms with Crippen LogP contribution in [0.1, 0.15) is 21.3 Å². The van der Waals surface area contributed by atoms with Crippen LogP contribution in [-0.2, 0) is 11.3 Å². The average Bonchev–Trinajstić information content (AvgIpc) is 3.13. The third kappa shape index (κ3) is 4.78. The van der Waals surface area contributed by atoms with E-state index in [4.69, 9.17) is 9.72 Å². The van der Waals surface area contributed by atoms with Gasteiger partial charge in [0.2, 0.25) is 5.91 Å². The molecule has 0 aliphatic carbocycles. The van der Waals surface area contributed by atoms with Crippen LogP contribution in [0.5, 0.6) is 5.75 Å². The quantitative estimate of drug-likeness (QED) is 0.193. The highest BCUT2D eigenvalue weighted by molar-refractivity contribution is 8.00. The lowest BCUT2D eigenvalue weighted by Crippen LogP contribution is -2.25. The zero-order valence-electron chi connectivity index (χ0n) is 19.2. The molecule has 0 aliphatic rings. The van der Waals surface area contributed by atoms with E-state index in [0.717, 1.165) is 16.0 Å². The number of fused-ring (bicyclic) bond motifs is 1. The second-order valence-corrected chi connectivity index (χ2v) is 9.97. The van der Waals surface area contributed by atoms with E-state index in [1.165, 1.54) is 23.1 Å². The lowest BCUT2D eigenvalue weighted by atomic mass is 10.1. The number of amides is 1. The number of carbonyl (C=O) groups is 1. The average molecular weight is 492 g/mol. The van der Waals surface area contributed by atoms with Crippen molar-refractivity contribution < 1.29 is 9.53 Å². The third-order valence-electron chi connectivity index (χ3n) is 5.47. The van der Waals surface area contributed by atoms with Crippen molar-refractivity contribution in [3.63, 3.8) is 0 Å². The molecule has 0 radical (unpaired) electrons. The smallest absolute Gasteiger partial charge is 0.263 e. The molecule has 2 aromatic heterocycles. The molecule has 1 atom stereocenters. The van der Waals surface area contributed by atoms with E-state index < -0.39 is 5.25 Å². The number of thiophene rings is 1. The van der Waals surface area contributed by atoms with E-state index in [1.54, 1.807) is 23.8 Å². The van der Waals surface area contributed by atoms with Gasteiger partial charge in [-0.3, -0.25) is 14.2 Å². The lowest BCUT2D eigenvalue weighted by molar-refractivity contribution is -0.115.